The highest BCUT2D eigenvalue weighted by Gasteiger charge is 2.22. The summed E-state index contributed by atoms with van der Waals surface area (Å²) in [4.78, 5) is 33.7. The van der Waals surface area contributed by atoms with Gasteiger partial charge in [0.1, 0.15) is 6.04 Å². The second-order valence-corrected chi connectivity index (χ2v) is 4.85. The molecular formula is C11H19NO4S. The van der Waals surface area contributed by atoms with Gasteiger partial charge in [0.2, 0.25) is 5.91 Å². The molecule has 0 aliphatic rings. The zero-order valence-corrected chi connectivity index (χ0v) is 11.4. The van der Waals surface area contributed by atoms with Crippen LogP contribution in [0.1, 0.15) is 34.1 Å². The van der Waals surface area contributed by atoms with E-state index < -0.39 is 12.0 Å². The molecule has 0 bridgehead atoms. The minimum Gasteiger partial charge on any atom is -0.461 e. The lowest BCUT2D eigenvalue weighted by atomic mass is 10.3. The number of ether oxygens (including phenoxy) is 1. The highest BCUT2D eigenvalue weighted by atomic mass is 32.2. The van der Waals surface area contributed by atoms with Crippen molar-refractivity contribution in [2.45, 2.75) is 46.3 Å². The van der Waals surface area contributed by atoms with Crippen molar-refractivity contribution in [1.29, 1.82) is 0 Å². The second-order valence-electron chi connectivity index (χ2n) is 3.78. The quantitative estimate of drug-likeness (QED) is 0.725. The first-order valence-electron chi connectivity index (χ1n) is 5.50. The number of amides is 1. The molecule has 0 saturated heterocycles. The molecule has 1 atom stereocenters. The predicted octanol–water partition coefficient (Wildman–Crippen LogP) is 1.11. The number of hydrogen-bond acceptors (Lipinski definition) is 5. The number of carbonyl (C=O) groups is 3. The van der Waals surface area contributed by atoms with Crippen molar-refractivity contribution in [2.75, 3.05) is 5.75 Å². The Bertz CT molecular complexity index is 291. The van der Waals surface area contributed by atoms with Gasteiger partial charge in [-0.3, -0.25) is 9.59 Å². The molecule has 0 spiro atoms. The Morgan fingerprint density at radius 3 is 2.29 bits per heavy atom. The molecule has 0 aliphatic heterocycles. The Labute approximate surface area is 106 Å². The topological polar surface area (TPSA) is 72.5 Å². The lowest BCUT2D eigenvalue weighted by molar-refractivity contribution is -0.150. The summed E-state index contributed by atoms with van der Waals surface area (Å²) < 4.78 is 5.00. The maximum absolute atomic E-state index is 11.6. The number of nitrogens with one attached hydrogen (secondary N) is 1. The number of thioether (sulfide) groups is 1. The molecule has 0 fully saturated rings. The van der Waals surface area contributed by atoms with E-state index in [1.54, 1.807) is 20.8 Å². The molecule has 0 aromatic rings. The van der Waals surface area contributed by atoms with Crippen LogP contribution >= 0.6 is 11.8 Å². The summed E-state index contributed by atoms with van der Waals surface area (Å²) in [5.41, 5.74) is 0. The van der Waals surface area contributed by atoms with Crippen LogP contribution in [0.25, 0.3) is 0 Å². The normalized spacial score (nSPS) is 12.1. The molecule has 0 aliphatic carbocycles. The van der Waals surface area contributed by atoms with Crippen molar-refractivity contribution in [3.05, 3.63) is 0 Å². The zero-order valence-electron chi connectivity index (χ0n) is 10.6. The molecule has 5 nitrogen and oxygen atoms in total. The summed E-state index contributed by atoms with van der Waals surface area (Å²) in [6, 6.07) is -0.768. The first-order chi connectivity index (χ1) is 7.86. The van der Waals surface area contributed by atoms with Gasteiger partial charge in [-0.15, -0.1) is 0 Å². The Hall–Kier alpha value is -1.04. The molecular weight excluding hydrogens is 242 g/mol. The van der Waals surface area contributed by atoms with Crippen LogP contribution in [-0.2, 0) is 19.1 Å². The first kappa shape index (κ1) is 16.0. The second kappa shape index (κ2) is 8.11. The van der Waals surface area contributed by atoms with E-state index in [9.17, 15) is 14.4 Å². The number of hydrogen-bond donors (Lipinski definition) is 1. The molecule has 6 heteroatoms. The summed E-state index contributed by atoms with van der Waals surface area (Å²) in [6.45, 7) is 6.53. The first-order valence-corrected chi connectivity index (χ1v) is 6.48. The van der Waals surface area contributed by atoms with Gasteiger partial charge in [0.15, 0.2) is 5.12 Å². The van der Waals surface area contributed by atoms with Crippen LogP contribution in [-0.4, -0.2) is 34.9 Å². The summed E-state index contributed by atoms with van der Waals surface area (Å²) in [5, 5.41) is 2.46. The zero-order chi connectivity index (χ0) is 13.4. The van der Waals surface area contributed by atoms with E-state index >= 15 is 0 Å². The lowest BCUT2D eigenvalue weighted by Crippen LogP contribution is -2.43. The SMILES string of the molecule is CCC(=O)SC[C@H](NC(C)=O)C(=O)OC(C)C. The minimum absolute atomic E-state index is 0.0160. The molecule has 0 unspecified atom stereocenters. The molecule has 0 rings (SSSR count). The molecule has 0 saturated carbocycles. The third-order valence-electron chi connectivity index (χ3n) is 1.71. The monoisotopic (exact) mass is 261 g/mol. The van der Waals surface area contributed by atoms with Crippen LogP contribution in [0.5, 0.6) is 0 Å². The van der Waals surface area contributed by atoms with Gasteiger partial charge >= 0.3 is 5.97 Å². The third kappa shape index (κ3) is 7.79. The lowest BCUT2D eigenvalue weighted by Gasteiger charge is -2.17. The fraction of sp³-hybridized carbons (Fsp3) is 0.727. The van der Waals surface area contributed by atoms with E-state index in [-0.39, 0.29) is 22.9 Å². The van der Waals surface area contributed by atoms with Crippen LogP contribution < -0.4 is 5.32 Å². The smallest absolute Gasteiger partial charge is 0.329 e. The van der Waals surface area contributed by atoms with Crippen molar-refractivity contribution in [3.8, 4) is 0 Å². The fourth-order valence-corrected chi connectivity index (χ4v) is 1.78. The fourth-order valence-electron chi connectivity index (χ4n) is 1.01. The minimum atomic E-state index is -0.768. The Kier molecular flexibility index (Phi) is 7.61. The highest BCUT2D eigenvalue weighted by molar-refractivity contribution is 8.13. The number of esters is 1. The van der Waals surface area contributed by atoms with Gasteiger partial charge < -0.3 is 10.1 Å². The summed E-state index contributed by atoms with van der Waals surface area (Å²) in [7, 11) is 0. The molecule has 1 amide bonds. The molecule has 1 N–H and O–H groups in total. The van der Waals surface area contributed by atoms with Gasteiger partial charge in [-0.25, -0.2) is 4.79 Å². The van der Waals surface area contributed by atoms with Crippen LogP contribution in [0.2, 0.25) is 0 Å². The van der Waals surface area contributed by atoms with Crippen LogP contribution in [0.3, 0.4) is 0 Å². The summed E-state index contributed by atoms with van der Waals surface area (Å²) >= 11 is 1.03. The van der Waals surface area contributed by atoms with Crippen LogP contribution in [0.15, 0.2) is 0 Å². The average Bonchev–Trinajstić information content (AvgIpc) is 2.21. The number of rotatable bonds is 6. The molecule has 0 aromatic carbocycles. The molecule has 0 heterocycles. The molecule has 17 heavy (non-hydrogen) atoms. The summed E-state index contributed by atoms with van der Waals surface area (Å²) in [6.07, 6.45) is 0.155. The Morgan fingerprint density at radius 2 is 1.88 bits per heavy atom. The molecule has 0 radical (unpaired) electrons. The van der Waals surface area contributed by atoms with Crippen molar-refractivity contribution in [2.24, 2.45) is 0 Å². The number of carbonyl (C=O) groups excluding carboxylic acids is 3. The van der Waals surface area contributed by atoms with E-state index in [1.165, 1.54) is 6.92 Å². The van der Waals surface area contributed by atoms with Crippen LogP contribution in [0, 0.1) is 0 Å². The van der Waals surface area contributed by atoms with Crippen molar-refractivity contribution < 1.29 is 19.1 Å². The average molecular weight is 261 g/mol. The third-order valence-corrected chi connectivity index (χ3v) is 2.82. The Morgan fingerprint density at radius 1 is 1.29 bits per heavy atom. The van der Waals surface area contributed by atoms with Crippen molar-refractivity contribution >= 4 is 28.8 Å². The van der Waals surface area contributed by atoms with Gasteiger partial charge in [-0.2, -0.15) is 0 Å². The highest BCUT2D eigenvalue weighted by Crippen LogP contribution is 2.09. The largest absolute Gasteiger partial charge is 0.461 e. The maximum atomic E-state index is 11.6. The van der Waals surface area contributed by atoms with Crippen molar-refractivity contribution in [3.63, 3.8) is 0 Å². The van der Waals surface area contributed by atoms with E-state index in [4.69, 9.17) is 4.74 Å². The summed E-state index contributed by atoms with van der Waals surface area (Å²) in [5.74, 6) is -0.621. The van der Waals surface area contributed by atoms with Crippen LogP contribution in [0.4, 0.5) is 0 Å². The van der Waals surface area contributed by atoms with Gasteiger partial charge in [0.05, 0.1) is 6.10 Å². The van der Waals surface area contributed by atoms with Gasteiger partial charge in [-0.05, 0) is 13.8 Å². The van der Waals surface area contributed by atoms with Gasteiger partial charge in [0, 0.05) is 19.1 Å². The van der Waals surface area contributed by atoms with E-state index in [0.717, 1.165) is 11.8 Å². The van der Waals surface area contributed by atoms with E-state index in [0.29, 0.717) is 6.42 Å². The molecule has 98 valence electrons. The predicted molar refractivity (Wildman–Crippen MR) is 66.6 cm³/mol. The van der Waals surface area contributed by atoms with Gasteiger partial charge in [0.25, 0.3) is 0 Å². The standard InChI is InChI=1S/C11H19NO4S/c1-5-10(14)17-6-9(12-8(4)13)11(15)16-7(2)3/h7,9H,5-6H2,1-4H3,(H,12,13)/t9-/m0/s1. The van der Waals surface area contributed by atoms with E-state index in [2.05, 4.69) is 5.32 Å². The van der Waals surface area contributed by atoms with E-state index in [1.807, 2.05) is 0 Å². The Balaban J connectivity index is 4.36. The molecule has 0 aromatic heterocycles. The maximum Gasteiger partial charge on any atom is 0.329 e. The van der Waals surface area contributed by atoms with Crippen molar-refractivity contribution in [1.82, 2.24) is 5.32 Å². The van der Waals surface area contributed by atoms with Gasteiger partial charge in [-0.1, -0.05) is 18.7 Å².